The summed E-state index contributed by atoms with van der Waals surface area (Å²) in [6, 6.07) is 16.7. The Labute approximate surface area is 174 Å². The molecule has 2 aromatic carbocycles. The van der Waals surface area contributed by atoms with Gasteiger partial charge >= 0.3 is 0 Å². The van der Waals surface area contributed by atoms with E-state index < -0.39 is 0 Å². The Balaban J connectivity index is 1.48. The molecule has 4 rings (SSSR count). The Hall–Kier alpha value is -1.13. The second-order valence-electron chi connectivity index (χ2n) is 9.74. The van der Waals surface area contributed by atoms with Crippen LogP contribution in [-0.2, 0) is 0 Å². The van der Waals surface area contributed by atoms with E-state index in [-0.39, 0.29) is 0 Å². The van der Waals surface area contributed by atoms with Crippen molar-refractivity contribution in [1.82, 2.24) is 0 Å². The fourth-order valence-corrected chi connectivity index (χ4v) is 5.90. The van der Waals surface area contributed by atoms with Crippen LogP contribution in [0.2, 0.25) is 0 Å². The second-order valence-corrected chi connectivity index (χ2v) is 10.4. The van der Waals surface area contributed by atoms with E-state index in [1.54, 1.807) is 11.1 Å². The van der Waals surface area contributed by atoms with Gasteiger partial charge in [-0.3, -0.25) is 0 Å². The zero-order valence-electron chi connectivity index (χ0n) is 17.8. The smallest absolute Gasteiger partial charge is 0.0112 e. The van der Waals surface area contributed by atoms with E-state index in [1.807, 2.05) is 0 Å². The Morgan fingerprint density at radius 2 is 1.21 bits per heavy atom. The predicted molar refractivity (Wildman–Crippen MR) is 127 cm³/mol. The molecule has 2 aliphatic rings. The standard InChI is InChI=1S/C27H37P/c1-19-4-3-5-21(9-6-19)22-12-14-24(15-13-22)26-17-16-25(18-27(26)28)23-10-7-20(2)8-11-23/h12-21,23H,3-11,28H2,1-2H3. The van der Waals surface area contributed by atoms with Gasteiger partial charge in [0.15, 0.2) is 0 Å². The lowest BCUT2D eigenvalue weighted by molar-refractivity contribution is 0.348. The molecule has 28 heavy (non-hydrogen) atoms. The highest BCUT2D eigenvalue weighted by molar-refractivity contribution is 7.28. The summed E-state index contributed by atoms with van der Waals surface area (Å²) >= 11 is 0. The molecule has 3 unspecified atom stereocenters. The minimum atomic E-state index is 0.768. The highest BCUT2D eigenvalue weighted by atomic mass is 31.0. The number of hydrogen-bond donors (Lipinski definition) is 0. The van der Waals surface area contributed by atoms with Gasteiger partial charge in [-0.1, -0.05) is 88.4 Å². The Bertz CT molecular complexity index is 767. The summed E-state index contributed by atoms with van der Waals surface area (Å²) in [5.74, 6) is 3.37. The monoisotopic (exact) mass is 392 g/mol. The molecule has 0 saturated heterocycles. The van der Waals surface area contributed by atoms with E-state index >= 15 is 0 Å². The molecule has 0 aliphatic heterocycles. The van der Waals surface area contributed by atoms with Gasteiger partial charge in [0, 0.05) is 0 Å². The molecular formula is C27H37P. The normalized spacial score (nSPS) is 28.7. The quantitative estimate of drug-likeness (QED) is 0.369. The summed E-state index contributed by atoms with van der Waals surface area (Å²) in [7, 11) is 3.00. The van der Waals surface area contributed by atoms with Crippen LogP contribution in [0, 0.1) is 11.8 Å². The fraction of sp³-hybridized carbons (Fsp3) is 0.556. The third kappa shape index (κ3) is 4.71. The van der Waals surface area contributed by atoms with Crippen molar-refractivity contribution in [1.29, 1.82) is 0 Å². The van der Waals surface area contributed by atoms with Crippen molar-refractivity contribution < 1.29 is 0 Å². The fourth-order valence-electron chi connectivity index (χ4n) is 5.45. The van der Waals surface area contributed by atoms with E-state index in [0.717, 1.165) is 23.7 Å². The van der Waals surface area contributed by atoms with Crippen molar-refractivity contribution in [3.05, 3.63) is 53.6 Å². The van der Waals surface area contributed by atoms with Crippen molar-refractivity contribution in [3.63, 3.8) is 0 Å². The van der Waals surface area contributed by atoms with Crippen LogP contribution in [0.1, 0.15) is 94.6 Å². The SMILES string of the molecule is CC1CCCC(c2ccc(-c3ccc(C4CCC(C)CC4)cc3P)cc2)CC1. The van der Waals surface area contributed by atoms with E-state index in [0.29, 0.717) is 0 Å². The lowest BCUT2D eigenvalue weighted by Crippen LogP contribution is -2.12. The van der Waals surface area contributed by atoms with Gasteiger partial charge in [-0.05, 0) is 76.9 Å². The molecule has 2 saturated carbocycles. The highest BCUT2D eigenvalue weighted by Gasteiger charge is 2.21. The van der Waals surface area contributed by atoms with Gasteiger partial charge in [0.05, 0.1) is 0 Å². The van der Waals surface area contributed by atoms with Gasteiger partial charge < -0.3 is 0 Å². The van der Waals surface area contributed by atoms with Gasteiger partial charge in [-0.2, -0.15) is 0 Å². The molecule has 150 valence electrons. The zero-order valence-corrected chi connectivity index (χ0v) is 18.9. The van der Waals surface area contributed by atoms with Crippen LogP contribution in [0.3, 0.4) is 0 Å². The van der Waals surface area contributed by atoms with Crippen LogP contribution in [0.4, 0.5) is 0 Å². The first-order valence-electron chi connectivity index (χ1n) is 11.6. The van der Waals surface area contributed by atoms with Gasteiger partial charge in [0.2, 0.25) is 0 Å². The molecule has 0 spiro atoms. The number of hydrogen-bond acceptors (Lipinski definition) is 0. The molecule has 0 aromatic heterocycles. The first-order chi connectivity index (χ1) is 13.6. The minimum absolute atomic E-state index is 0.768. The van der Waals surface area contributed by atoms with Gasteiger partial charge in [0.25, 0.3) is 0 Å². The number of rotatable bonds is 3. The molecule has 0 heterocycles. The van der Waals surface area contributed by atoms with Gasteiger partial charge in [-0.25, -0.2) is 0 Å². The van der Waals surface area contributed by atoms with Crippen LogP contribution in [0.15, 0.2) is 42.5 Å². The summed E-state index contributed by atoms with van der Waals surface area (Å²) in [5.41, 5.74) is 5.83. The molecule has 2 aliphatic carbocycles. The van der Waals surface area contributed by atoms with Gasteiger partial charge in [-0.15, -0.1) is 9.24 Å². The molecule has 0 N–H and O–H groups in total. The Kier molecular flexibility index (Phi) is 6.57. The van der Waals surface area contributed by atoms with Crippen molar-refractivity contribution in [2.75, 3.05) is 0 Å². The van der Waals surface area contributed by atoms with Crippen LogP contribution < -0.4 is 5.30 Å². The summed E-state index contributed by atoms with van der Waals surface area (Å²) in [6.07, 6.45) is 12.4. The molecule has 0 radical (unpaired) electrons. The van der Waals surface area contributed by atoms with E-state index in [9.17, 15) is 0 Å². The van der Waals surface area contributed by atoms with Crippen LogP contribution >= 0.6 is 9.24 Å². The molecule has 2 aromatic rings. The molecule has 2 fully saturated rings. The topological polar surface area (TPSA) is 0 Å². The summed E-state index contributed by atoms with van der Waals surface area (Å²) in [4.78, 5) is 0. The van der Waals surface area contributed by atoms with Crippen molar-refractivity contribution >= 4 is 14.5 Å². The zero-order chi connectivity index (χ0) is 19.5. The van der Waals surface area contributed by atoms with E-state index in [4.69, 9.17) is 0 Å². The molecule has 3 atom stereocenters. The minimum Gasteiger partial charge on any atom is -0.105 e. The van der Waals surface area contributed by atoms with Crippen LogP contribution in [0.5, 0.6) is 0 Å². The van der Waals surface area contributed by atoms with Crippen molar-refractivity contribution in [2.24, 2.45) is 11.8 Å². The van der Waals surface area contributed by atoms with Gasteiger partial charge in [0.1, 0.15) is 0 Å². The maximum absolute atomic E-state index is 3.00. The largest absolute Gasteiger partial charge is 0.105 e. The van der Waals surface area contributed by atoms with Crippen LogP contribution in [0.25, 0.3) is 11.1 Å². The van der Waals surface area contributed by atoms with Crippen LogP contribution in [-0.4, -0.2) is 0 Å². The summed E-state index contributed by atoms with van der Waals surface area (Å²) in [6.45, 7) is 4.82. The highest BCUT2D eigenvalue weighted by Crippen LogP contribution is 2.37. The molecule has 0 bridgehead atoms. The predicted octanol–water partition coefficient (Wildman–Crippen LogP) is 7.83. The molecule has 0 amide bonds. The lowest BCUT2D eigenvalue weighted by Gasteiger charge is -2.27. The molecular weight excluding hydrogens is 355 g/mol. The Morgan fingerprint density at radius 1 is 0.643 bits per heavy atom. The lowest BCUT2D eigenvalue weighted by atomic mass is 9.79. The average molecular weight is 393 g/mol. The third-order valence-corrected chi connectivity index (χ3v) is 7.99. The first kappa shape index (κ1) is 20.2. The Morgan fingerprint density at radius 3 is 1.86 bits per heavy atom. The average Bonchev–Trinajstić information content (AvgIpc) is 2.93. The maximum Gasteiger partial charge on any atom is -0.0112 e. The summed E-state index contributed by atoms with van der Waals surface area (Å²) < 4.78 is 0. The third-order valence-electron chi connectivity index (χ3n) is 7.51. The van der Waals surface area contributed by atoms with E-state index in [1.165, 1.54) is 74.2 Å². The second kappa shape index (κ2) is 9.13. The van der Waals surface area contributed by atoms with E-state index in [2.05, 4.69) is 65.6 Å². The number of benzene rings is 2. The van der Waals surface area contributed by atoms with Crippen molar-refractivity contribution in [3.8, 4) is 11.1 Å². The molecule has 1 heteroatoms. The molecule has 0 nitrogen and oxygen atoms in total. The van der Waals surface area contributed by atoms with Crippen molar-refractivity contribution in [2.45, 2.75) is 83.5 Å². The maximum atomic E-state index is 3.00. The first-order valence-corrected chi connectivity index (χ1v) is 12.2. The summed E-state index contributed by atoms with van der Waals surface area (Å²) in [5, 5.41) is 1.35.